The van der Waals surface area contributed by atoms with Gasteiger partial charge in [0.2, 0.25) is 0 Å². The Morgan fingerprint density at radius 3 is 1.25 bits per heavy atom. The molecule has 0 radical (unpaired) electrons. The van der Waals surface area contributed by atoms with Gasteiger partial charge in [-0.15, -0.1) is 0 Å². The quantitative estimate of drug-likeness (QED) is 0.359. The first-order chi connectivity index (χ1) is 1.00. The first-order valence-corrected chi connectivity index (χ1v) is 0.753. The molecule has 0 bridgehead atoms. The topological polar surface area (TPSA) is 17.1 Å². The van der Waals surface area contributed by atoms with Gasteiger partial charge >= 0.3 is 57.5 Å². The van der Waals surface area contributed by atoms with Crippen molar-refractivity contribution in [3.05, 3.63) is 0 Å². The van der Waals surface area contributed by atoms with E-state index in [-0.39, 0.29) is 36.5 Å². The van der Waals surface area contributed by atoms with Gasteiger partial charge in [0, 0.05) is 0 Å². The third-order valence-electron chi connectivity index (χ3n) is 0. The summed E-state index contributed by atoms with van der Waals surface area (Å²) < 4.78 is 8.19. The van der Waals surface area contributed by atoms with E-state index in [1.165, 1.54) is 0 Å². The second kappa shape index (κ2) is 24.2. The zero-order valence-electron chi connectivity index (χ0n) is 0.855. The van der Waals surface area contributed by atoms with Gasteiger partial charge in [0.05, 0.1) is 0 Å². The van der Waals surface area contributed by atoms with E-state index in [2.05, 4.69) is 0 Å². The molecule has 0 saturated heterocycles. The average Bonchev–Trinajstić information content (AvgIpc) is 1.00. The molecule has 0 aromatic rings. The van der Waals surface area contributed by atoms with Gasteiger partial charge in [0.25, 0.3) is 0 Å². The van der Waals surface area contributed by atoms with E-state index >= 15 is 0 Å². The molecule has 0 heterocycles. The van der Waals surface area contributed by atoms with Gasteiger partial charge in [-0.2, -0.15) is 0 Å². The van der Waals surface area contributed by atoms with Crippen LogP contribution in [0.25, 0.3) is 0 Å². The molecule has 0 saturated carbocycles. The normalized spacial score (nSPS) is 0.750. The van der Waals surface area contributed by atoms with E-state index < -0.39 is 0 Å². The van der Waals surface area contributed by atoms with Crippen molar-refractivity contribution in [1.82, 2.24) is 0 Å². The van der Waals surface area contributed by atoms with E-state index in [0.717, 1.165) is 17.4 Å². The predicted octanol–water partition coefficient (Wildman–Crippen LogP) is -2.22. The first kappa shape index (κ1) is 17.7. The first-order valence-electron chi connectivity index (χ1n) is 0.183. The van der Waals surface area contributed by atoms with Crippen molar-refractivity contribution in [2.24, 2.45) is 0 Å². The van der Waals surface area contributed by atoms with Gasteiger partial charge in [0.15, 0.2) is 0 Å². The van der Waals surface area contributed by atoms with Crippen molar-refractivity contribution in [1.29, 1.82) is 0 Å². The molecule has 0 aromatic carbocycles. The Labute approximate surface area is 57.3 Å². The summed E-state index contributed by atoms with van der Waals surface area (Å²) in [5.41, 5.74) is 0. The van der Waals surface area contributed by atoms with Crippen LogP contribution in [0.1, 0.15) is 0 Å². The minimum atomic E-state index is 0. The van der Waals surface area contributed by atoms with Crippen LogP contribution in [0.15, 0.2) is 0 Å². The van der Waals surface area contributed by atoms with Gasteiger partial charge in [-0.3, -0.25) is 0 Å². The van der Waals surface area contributed by atoms with Crippen LogP contribution in [0.5, 0.6) is 0 Å². The van der Waals surface area contributed by atoms with Crippen molar-refractivity contribution in [3.8, 4) is 0 Å². The molecular formula is H5GeLiOV. The van der Waals surface area contributed by atoms with Crippen LogP contribution in [0, 0.1) is 0 Å². The van der Waals surface area contributed by atoms with Crippen molar-refractivity contribution in [2.45, 2.75) is 0 Å². The van der Waals surface area contributed by atoms with Crippen molar-refractivity contribution in [2.75, 3.05) is 0 Å². The second-order valence-electron chi connectivity index (χ2n) is 0. The van der Waals surface area contributed by atoms with E-state index in [0.29, 0.717) is 0 Å². The van der Waals surface area contributed by atoms with Gasteiger partial charge < -0.3 is 0 Å². The summed E-state index contributed by atoms with van der Waals surface area (Å²) in [5, 5.41) is 0. The van der Waals surface area contributed by atoms with Crippen LogP contribution in [0.4, 0.5) is 0 Å². The third-order valence-corrected chi connectivity index (χ3v) is 0. The predicted molar refractivity (Wildman–Crippen MR) is 19.2 cm³/mol. The number of hydrogen-bond acceptors (Lipinski definition) is 1. The Balaban J connectivity index is -0.00000000500. The summed E-state index contributed by atoms with van der Waals surface area (Å²) in [5.74, 6) is 0. The summed E-state index contributed by atoms with van der Waals surface area (Å²) in [7, 11) is 0. The summed E-state index contributed by atoms with van der Waals surface area (Å²) in [6.07, 6.45) is 0. The summed E-state index contributed by atoms with van der Waals surface area (Å²) >= 11 is 1.06. The molecule has 0 spiro atoms. The zero-order chi connectivity index (χ0) is 2.00. The molecule has 0 fully saturated rings. The average molecular weight is 152 g/mol. The van der Waals surface area contributed by atoms with Crippen molar-refractivity contribution in [3.63, 3.8) is 0 Å². The van der Waals surface area contributed by atoms with Gasteiger partial charge in [-0.1, -0.05) is 0 Å². The summed E-state index contributed by atoms with van der Waals surface area (Å²) in [4.78, 5) is 0. The molecule has 4 heavy (non-hydrogen) atoms. The van der Waals surface area contributed by atoms with Gasteiger partial charge in [-0.25, -0.2) is 0 Å². The van der Waals surface area contributed by atoms with Crippen molar-refractivity contribution < 1.29 is 21.0 Å². The third kappa shape index (κ3) is 9.66. The fraction of sp³-hybridized carbons (Fsp3) is 0. The Kier molecular flexibility index (Phi) is 107. The Morgan fingerprint density at radius 2 is 1.25 bits per heavy atom. The fourth-order valence-electron chi connectivity index (χ4n) is 0. The van der Waals surface area contributed by atoms with E-state index in [1.807, 2.05) is 0 Å². The van der Waals surface area contributed by atoms with Crippen LogP contribution < -0.4 is 0 Å². The second-order valence-corrected chi connectivity index (χ2v) is 0. The van der Waals surface area contributed by atoms with Crippen molar-refractivity contribution >= 4 is 36.5 Å². The molecule has 0 amide bonds. The molecule has 0 atom stereocenters. The molecule has 4 heteroatoms. The zero-order valence-corrected chi connectivity index (χ0v) is 2.25. The monoisotopic (exact) mass is 153 g/mol. The maximum atomic E-state index is 8.19. The molecule has 0 N–H and O–H groups in total. The molecule has 0 aliphatic rings. The Morgan fingerprint density at radius 1 is 1.25 bits per heavy atom. The summed E-state index contributed by atoms with van der Waals surface area (Å²) in [6, 6.07) is 0. The maximum absolute atomic E-state index is 8.19. The molecule has 21 valence electrons. The number of rotatable bonds is 0. The molecule has 0 unspecified atom stereocenters. The van der Waals surface area contributed by atoms with Gasteiger partial charge in [-0.05, 0) is 0 Å². The van der Waals surface area contributed by atoms with E-state index in [9.17, 15) is 0 Å². The fourth-order valence-corrected chi connectivity index (χ4v) is 0. The number of hydrogen-bond donors (Lipinski definition) is 0. The van der Waals surface area contributed by atoms with Crippen LogP contribution in [-0.4, -0.2) is 36.5 Å². The SMILES string of the molecule is [GeH4].[LiH].[O]=[V]. The van der Waals surface area contributed by atoms with E-state index in [1.54, 1.807) is 0 Å². The molecular weight excluding hydrogens is 146 g/mol. The Bertz CT molecular complexity index is 8.00. The van der Waals surface area contributed by atoms with Crippen LogP contribution in [0.3, 0.4) is 0 Å². The molecule has 0 aliphatic heterocycles. The molecule has 0 rings (SSSR count). The standard InChI is InChI=1S/GeH4.Li.O.V.H/h1H4;;;;. The Hall–Kier alpha value is 1.52. The van der Waals surface area contributed by atoms with Crippen LogP contribution in [-0.2, 0) is 21.0 Å². The van der Waals surface area contributed by atoms with Crippen LogP contribution >= 0.6 is 0 Å². The summed E-state index contributed by atoms with van der Waals surface area (Å²) in [6.45, 7) is 0. The minimum absolute atomic E-state index is 0. The van der Waals surface area contributed by atoms with E-state index in [4.69, 9.17) is 3.67 Å². The molecule has 0 aliphatic carbocycles. The molecule has 0 aromatic heterocycles. The van der Waals surface area contributed by atoms with Crippen LogP contribution in [0.2, 0.25) is 0 Å². The van der Waals surface area contributed by atoms with Gasteiger partial charge in [0.1, 0.15) is 0 Å². The molecule has 1 nitrogen and oxygen atoms in total.